The fourth-order valence-electron chi connectivity index (χ4n) is 2.92. The van der Waals surface area contributed by atoms with Crippen LogP contribution in [0, 0.1) is 18.8 Å². The van der Waals surface area contributed by atoms with E-state index in [0.717, 1.165) is 5.52 Å². The molecule has 3 N–H and O–H groups in total. The standard InChI is InChI=1S/C21H20N6O3/c1-4-29-20-24-15-6-5-14(7-9-21(3,28)17-11-13(2)30-26-17)12-16(15)27(20)18-8-10-23-19(22)25-18/h5-6,8,10-12,28H,4H2,1-3H3,(H2,22,23,25). The molecular weight excluding hydrogens is 384 g/mol. The lowest BCUT2D eigenvalue weighted by atomic mass is 10.0. The normalized spacial score (nSPS) is 12.9. The molecule has 9 heteroatoms. The van der Waals surface area contributed by atoms with Crippen molar-refractivity contribution in [3.05, 3.63) is 53.5 Å². The molecule has 4 aromatic rings. The van der Waals surface area contributed by atoms with Gasteiger partial charge in [-0.1, -0.05) is 17.0 Å². The molecule has 0 aliphatic rings. The predicted octanol–water partition coefficient (Wildman–Crippen LogP) is 2.35. The van der Waals surface area contributed by atoms with Crippen molar-refractivity contribution in [2.24, 2.45) is 0 Å². The number of nitrogens with two attached hydrogens (primary N) is 1. The number of ether oxygens (including phenoxy) is 1. The van der Waals surface area contributed by atoms with Crippen LogP contribution in [-0.2, 0) is 5.60 Å². The van der Waals surface area contributed by atoms with Gasteiger partial charge >= 0.3 is 6.01 Å². The van der Waals surface area contributed by atoms with E-state index < -0.39 is 5.60 Å². The Labute approximate surface area is 172 Å². The highest BCUT2D eigenvalue weighted by Crippen LogP contribution is 2.27. The molecule has 0 saturated heterocycles. The van der Waals surface area contributed by atoms with Crippen LogP contribution in [0.15, 0.2) is 41.1 Å². The molecule has 3 heterocycles. The van der Waals surface area contributed by atoms with Gasteiger partial charge in [-0.2, -0.15) is 9.97 Å². The van der Waals surface area contributed by atoms with Gasteiger partial charge in [0.25, 0.3) is 0 Å². The van der Waals surface area contributed by atoms with E-state index in [1.165, 1.54) is 0 Å². The number of rotatable bonds is 4. The van der Waals surface area contributed by atoms with E-state index in [2.05, 4.69) is 31.9 Å². The minimum atomic E-state index is -1.45. The first-order chi connectivity index (χ1) is 14.4. The Kier molecular flexibility index (Phi) is 4.85. The van der Waals surface area contributed by atoms with E-state index in [-0.39, 0.29) is 5.95 Å². The number of nitrogen functional groups attached to an aromatic ring is 1. The number of aromatic nitrogens is 5. The predicted molar refractivity (Wildman–Crippen MR) is 110 cm³/mol. The van der Waals surface area contributed by atoms with Crippen molar-refractivity contribution in [2.45, 2.75) is 26.4 Å². The zero-order chi connectivity index (χ0) is 21.3. The summed E-state index contributed by atoms with van der Waals surface area (Å²) in [5.41, 5.74) is 6.78. The average molecular weight is 404 g/mol. The summed E-state index contributed by atoms with van der Waals surface area (Å²) in [5.74, 6) is 7.12. The van der Waals surface area contributed by atoms with Gasteiger partial charge in [-0.25, -0.2) is 9.55 Å². The van der Waals surface area contributed by atoms with Gasteiger partial charge in [0.1, 0.15) is 17.3 Å². The summed E-state index contributed by atoms with van der Waals surface area (Å²) in [6.45, 7) is 5.64. The highest BCUT2D eigenvalue weighted by molar-refractivity contribution is 5.80. The molecular formula is C21H20N6O3. The van der Waals surface area contributed by atoms with Crippen LogP contribution in [0.25, 0.3) is 16.9 Å². The van der Waals surface area contributed by atoms with Crippen molar-refractivity contribution in [1.29, 1.82) is 0 Å². The van der Waals surface area contributed by atoms with E-state index >= 15 is 0 Å². The number of imidazole rings is 1. The number of fused-ring (bicyclic) bond motifs is 1. The molecule has 0 fully saturated rings. The second-order valence-electron chi connectivity index (χ2n) is 6.78. The molecule has 0 spiro atoms. The molecule has 3 aromatic heterocycles. The summed E-state index contributed by atoms with van der Waals surface area (Å²) in [6, 6.07) is 9.26. The first-order valence-corrected chi connectivity index (χ1v) is 9.31. The molecule has 0 bridgehead atoms. The maximum absolute atomic E-state index is 10.6. The average Bonchev–Trinajstić information content (AvgIpc) is 3.30. The van der Waals surface area contributed by atoms with Gasteiger partial charge in [0.2, 0.25) is 5.95 Å². The van der Waals surface area contributed by atoms with Crippen molar-refractivity contribution < 1.29 is 14.4 Å². The fourth-order valence-corrected chi connectivity index (χ4v) is 2.92. The summed E-state index contributed by atoms with van der Waals surface area (Å²) in [4.78, 5) is 12.7. The monoisotopic (exact) mass is 404 g/mol. The van der Waals surface area contributed by atoms with Crippen LogP contribution in [0.3, 0.4) is 0 Å². The summed E-state index contributed by atoms with van der Waals surface area (Å²) in [7, 11) is 0. The van der Waals surface area contributed by atoms with Gasteiger partial charge in [0.15, 0.2) is 5.60 Å². The van der Waals surface area contributed by atoms with Crippen LogP contribution >= 0.6 is 0 Å². The summed E-state index contributed by atoms with van der Waals surface area (Å²) in [6.07, 6.45) is 1.57. The Morgan fingerprint density at radius 2 is 2.10 bits per heavy atom. The molecule has 0 radical (unpaired) electrons. The Morgan fingerprint density at radius 3 is 2.80 bits per heavy atom. The van der Waals surface area contributed by atoms with Crippen molar-refractivity contribution in [2.75, 3.05) is 12.3 Å². The van der Waals surface area contributed by atoms with Crippen LogP contribution in [0.4, 0.5) is 5.95 Å². The van der Waals surface area contributed by atoms with Gasteiger partial charge in [-0.3, -0.25) is 0 Å². The number of aryl methyl sites for hydroxylation is 1. The maximum atomic E-state index is 10.6. The highest BCUT2D eigenvalue weighted by Gasteiger charge is 2.24. The number of anilines is 1. The Bertz CT molecular complexity index is 1280. The smallest absolute Gasteiger partial charge is 0.303 e. The van der Waals surface area contributed by atoms with E-state index in [1.807, 2.05) is 25.1 Å². The summed E-state index contributed by atoms with van der Waals surface area (Å²) >= 11 is 0. The largest absolute Gasteiger partial charge is 0.465 e. The second-order valence-corrected chi connectivity index (χ2v) is 6.78. The van der Waals surface area contributed by atoms with Gasteiger partial charge < -0.3 is 20.1 Å². The lowest BCUT2D eigenvalue weighted by Crippen LogP contribution is -2.18. The first-order valence-electron chi connectivity index (χ1n) is 9.31. The molecule has 9 nitrogen and oxygen atoms in total. The van der Waals surface area contributed by atoms with Gasteiger partial charge in [-0.15, -0.1) is 0 Å². The molecule has 1 unspecified atom stereocenters. The quantitative estimate of drug-likeness (QED) is 0.497. The Hall–Kier alpha value is -3.90. The highest BCUT2D eigenvalue weighted by atomic mass is 16.5. The molecule has 0 aliphatic heterocycles. The van der Waals surface area contributed by atoms with Crippen molar-refractivity contribution in [3.63, 3.8) is 0 Å². The maximum Gasteiger partial charge on any atom is 0.303 e. The number of benzene rings is 1. The topological polar surface area (TPSA) is 125 Å². The van der Waals surface area contributed by atoms with Gasteiger partial charge in [0, 0.05) is 23.9 Å². The van der Waals surface area contributed by atoms with E-state index in [1.54, 1.807) is 36.7 Å². The molecule has 0 amide bonds. The third-order valence-electron chi connectivity index (χ3n) is 4.36. The number of hydrogen-bond acceptors (Lipinski definition) is 8. The Balaban J connectivity index is 1.80. The van der Waals surface area contributed by atoms with Crippen LogP contribution in [-0.4, -0.2) is 36.4 Å². The Morgan fingerprint density at radius 1 is 1.27 bits per heavy atom. The van der Waals surface area contributed by atoms with Gasteiger partial charge in [-0.05, 0) is 39.0 Å². The lowest BCUT2D eigenvalue weighted by molar-refractivity contribution is 0.112. The van der Waals surface area contributed by atoms with Crippen molar-refractivity contribution in [1.82, 2.24) is 24.7 Å². The number of aliphatic hydroxyl groups is 1. The minimum Gasteiger partial charge on any atom is -0.465 e. The zero-order valence-electron chi connectivity index (χ0n) is 16.7. The fraction of sp³-hybridized carbons (Fsp3) is 0.238. The second kappa shape index (κ2) is 7.50. The molecule has 1 atom stereocenters. The van der Waals surface area contributed by atoms with Crippen LogP contribution in [0.1, 0.15) is 30.9 Å². The molecule has 1 aromatic carbocycles. The SMILES string of the molecule is CCOc1nc2ccc(C#CC(C)(O)c3cc(C)on3)cc2n1-c1ccnc(N)n1. The summed E-state index contributed by atoms with van der Waals surface area (Å²) in [5, 5.41) is 14.5. The van der Waals surface area contributed by atoms with Crippen LogP contribution in [0.2, 0.25) is 0 Å². The van der Waals surface area contributed by atoms with Crippen molar-refractivity contribution >= 4 is 17.0 Å². The van der Waals surface area contributed by atoms with E-state index in [9.17, 15) is 5.11 Å². The molecule has 4 rings (SSSR count). The molecule has 0 saturated carbocycles. The zero-order valence-corrected chi connectivity index (χ0v) is 16.7. The minimum absolute atomic E-state index is 0.145. The number of nitrogens with zero attached hydrogens (tertiary/aromatic N) is 5. The van der Waals surface area contributed by atoms with E-state index in [4.69, 9.17) is 15.0 Å². The van der Waals surface area contributed by atoms with Crippen molar-refractivity contribution in [3.8, 4) is 23.7 Å². The lowest BCUT2D eigenvalue weighted by Gasteiger charge is -2.11. The summed E-state index contributed by atoms with van der Waals surface area (Å²) < 4.78 is 12.5. The molecule has 152 valence electrons. The third-order valence-corrected chi connectivity index (χ3v) is 4.36. The first kappa shape index (κ1) is 19.4. The van der Waals surface area contributed by atoms with Crippen LogP contribution in [0.5, 0.6) is 6.01 Å². The molecule has 0 aliphatic carbocycles. The van der Waals surface area contributed by atoms with Crippen LogP contribution < -0.4 is 10.5 Å². The number of hydrogen-bond donors (Lipinski definition) is 2. The van der Waals surface area contributed by atoms with E-state index in [0.29, 0.717) is 41.0 Å². The molecule has 30 heavy (non-hydrogen) atoms. The van der Waals surface area contributed by atoms with Gasteiger partial charge in [0.05, 0.1) is 17.6 Å². The third kappa shape index (κ3) is 3.68.